The number of rotatable bonds is 5. The Bertz CT molecular complexity index is 1110. The maximum atomic E-state index is 12.7. The number of hydrogen-bond acceptors (Lipinski definition) is 4. The van der Waals surface area contributed by atoms with Gasteiger partial charge in [-0.25, -0.2) is 9.78 Å². The second-order valence-corrected chi connectivity index (χ2v) is 7.64. The lowest BCUT2D eigenvalue weighted by Crippen LogP contribution is -2.16. The topological polar surface area (TPSA) is 61.2 Å². The van der Waals surface area contributed by atoms with Crippen molar-refractivity contribution in [2.75, 3.05) is 6.61 Å². The molecule has 0 spiro atoms. The molecule has 0 N–H and O–H groups in total. The predicted molar refractivity (Wildman–Crippen MR) is 114 cm³/mol. The molecule has 2 heterocycles. The molecular formula is C20H14Cl4N2O3. The first-order valence-electron chi connectivity index (χ1n) is 8.37. The lowest BCUT2D eigenvalue weighted by atomic mass is 10.1. The van der Waals surface area contributed by atoms with Gasteiger partial charge in [0, 0.05) is 22.6 Å². The van der Waals surface area contributed by atoms with Crippen molar-refractivity contribution in [3.05, 3.63) is 79.3 Å². The number of aromatic nitrogens is 2. The van der Waals surface area contributed by atoms with Crippen LogP contribution in [0.15, 0.2) is 36.4 Å². The number of hydrogen-bond donors (Lipinski definition) is 0. The fourth-order valence-electron chi connectivity index (χ4n) is 2.92. The zero-order valence-corrected chi connectivity index (χ0v) is 18.3. The quantitative estimate of drug-likeness (QED) is 0.254. The number of Topliss-reactive ketones (excluding diaryl/α,β-unsaturated/α-hetero) is 1. The molecule has 9 heteroatoms. The van der Waals surface area contributed by atoms with E-state index in [4.69, 9.17) is 51.1 Å². The van der Waals surface area contributed by atoms with Gasteiger partial charge in [-0.05, 0) is 32.0 Å². The van der Waals surface area contributed by atoms with Gasteiger partial charge in [-0.3, -0.25) is 4.79 Å². The minimum Gasteiger partial charge on any atom is -0.453 e. The molecule has 0 aliphatic heterocycles. The first-order chi connectivity index (χ1) is 13.7. The highest BCUT2D eigenvalue weighted by Crippen LogP contribution is 2.36. The van der Waals surface area contributed by atoms with E-state index in [2.05, 4.69) is 4.98 Å². The number of benzene rings is 1. The van der Waals surface area contributed by atoms with Crippen molar-refractivity contribution >= 4 is 58.2 Å². The summed E-state index contributed by atoms with van der Waals surface area (Å²) < 4.78 is 7.03. The molecule has 0 saturated heterocycles. The summed E-state index contributed by atoms with van der Waals surface area (Å²) in [6.45, 7) is 3.23. The van der Waals surface area contributed by atoms with Crippen LogP contribution in [0.3, 0.4) is 0 Å². The Kier molecular flexibility index (Phi) is 6.54. The van der Waals surface area contributed by atoms with E-state index in [1.807, 2.05) is 48.7 Å². The van der Waals surface area contributed by atoms with Crippen LogP contribution in [0, 0.1) is 13.8 Å². The molecule has 29 heavy (non-hydrogen) atoms. The Morgan fingerprint density at radius 2 is 1.66 bits per heavy atom. The summed E-state index contributed by atoms with van der Waals surface area (Å²) in [5, 5.41) is -0.566. The number of ether oxygens (including phenoxy) is 1. The standard InChI is InChI=1S/C20H14Cl4N2O3/c1-10-8-13(11(2)26(10)12-6-4-3-5-7-12)14(27)9-29-20(28)18-16(22)15(21)17(23)19(24)25-18/h3-8H,9H2,1-2H3. The van der Waals surface area contributed by atoms with Gasteiger partial charge in [0.15, 0.2) is 12.3 Å². The third-order valence-corrected chi connectivity index (χ3v) is 5.94. The number of para-hydroxylation sites is 1. The maximum absolute atomic E-state index is 12.7. The molecular weight excluding hydrogens is 458 g/mol. The van der Waals surface area contributed by atoms with E-state index in [0.29, 0.717) is 5.56 Å². The smallest absolute Gasteiger partial charge is 0.359 e. The SMILES string of the molecule is Cc1cc(C(=O)COC(=O)c2nc(Cl)c(Cl)c(Cl)c2Cl)c(C)n1-c1ccccc1. The fourth-order valence-corrected chi connectivity index (χ4v) is 3.72. The fraction of sp³-hybridized carbons (Fsp3) is 0.150. The normalized spacial score (nSPS) is 10.8. The number of aryl methyl sites for hydroxylation is 1. The van der Waals surface area contributed by atoms with Gasteiger partial charge in [0.05, 0.1) is 15.1 Å². The van der Waals surface area contributed by atoms with Crippen LogP contribution in [-0.2, 0) is 4.74 Å². The van der Waals surface area contributed by atoms with Gasteiger partial charge in [-0.2, -0.15) is 0 Å². The Morgan fingerprint density at radius 3 is 2.31 bits per heavy atom. The minimum absolute atomic E-state index is 0.0701. The van der Waals surface area contributed by atoms with Crippen molar-refractivity contribution in [3.63, 3.8) is 0 Å². The lowest BCUT2D eigenvalue weighted by Gasteiger charge is -2.10. The van der Waals surface area contributed by atoms with E-state index < -0.39 is 12.6 Å². The Hall–Kier alpha value is -2.05. The van der Waals surface area contributed by atoms with Gasteiger partial charge in [0.1, 0.15) is 5.15 Å². The molecule has 0 radical (unpaired) electrons. The first-order valence-corrected chi connectivity index (χ1v) is 9.88. The highest BCUT2D eigenvalue weighted by molar-refractivity contribution is 6.52. The van der Waals surface area contributed by atoms with Crippen molar-refractivity contribution in [2.24, 2.45) is 0 Å². The number of carbonyl (C=O) groups is 2. The summed E-state index contributed by atoms with van der Waals surface area (Å²) in [5.41, 5.74) is 2.69. The highest BCUT2D eigenvalue weighted by atomic mass is 35.5. The van der Waals surface area contributed by atoms with Crippen molar-refractivity contribution in [2.45, 2.75) is 13.8 Å². The van der Waals surface area contributed by atoms with Gasteiger partial charge >= 0.3 is 5.97 Å². The molecule has 2 aromatic heterocycles. The molecule has 0 fully saturated rings. The Morgan fingerprint density at radius 1 is 1.00 bits per heavy atom. The molecule has 150 valence electrons. The van der Waals surface area contributed by atoms with Crippen LogP contribution in [0.5, 0.6) is 0 Å². The Labute approximate surface area is 187 Å². The average Bonchev–Trinajstić information content (AvgIpc) is 3.01. The average molecular weight is 472 g/mol. The first kappa shape index (κ1) is 21.7. The van der Waals surface area contributed by atoms with Crippen LogP contribution < -0.4 is 0 Å². The van der Waals surface area contributed by atoms with Crippen LogP contribution in [0.25, 0.3) is 5.69 Å². The summed E-state index contributed by atoms with van der Waals surface area (Å²) >= 11 is 23.6. The van der Waals surface area contributed by atoms with Gasteiger partial charge < -0.3 is 9.30 Å². The lowest BCUT2D eigenvalue weighted by molar-refractivity contribution is 0.0469. The van der Waals surface area contributed by atoms with Gasteiger partial charge in [-0.15, -0.1) is 0 Å². The molecule has 0 aliphatic rings. The van der Waals surface area contributed by atoms with Crippen molar-refractivity contribution in [1.29, 1.82) is 0 Å². The van der Waals surface area contributed by atoms with Crippen molar-refractivity contribution < 1.29 is 14.3 Å². The Balaban J connectivity index is 1.80. The molecule has 0 unspecified atom stereocenters. The van der Waals surface area contributed by atoms with Crippen molar-refractivity contribution in [3.8, 4) is 5.69 Å². The van der Waals surface area contributed by atoms with Crippen molar-refractivity contribution in [1.82, 2.24) is 9.55 Å². The molecule has 5 nitrogen and oxygen atoms in total. The van der Waals surface area contributed by atoms with E-state index in [1.165, 1.54) is 0 Å². The molecule has 1 aromatic carbocycles. The predicted octanol–water partition coefficient (Wildman–Crippen LogP) is 6.14. The number of halogens is 4. The van der Waals surface area contributed by atoms with Gasteiger partial charge in [0.2, 0.25) is 5.78 Å². The summed E-state index contributed by atoms with van der Waals surface area (Å²) in [6.07, 6.45) is 0. The maximum Gasteiger partial charge on any atom is 0.359 e. The summed E-state index contributed by atoms with van der Waals surface area (Å²) in [4.78, 5) is 28.7. The number of pyridine rings is 1. The summed E-state index contributed by atoms with van der Waals surface area (Å²) in [5.74, 6) is -1.29. The zero-order valence-electron chi connectivity index (χ0n) is 15.3. The van der Waals surface area contributed by atoms with Crippen LogP contribution >= 0.6 is 46.4 Å². The monoisotopic (exact) mass is 470 g/mol. The summed E-state index contributed by atoms with van der Waals surface area (Å²) in [7, 11) is 0. The van der Waals surface area contributed by atoms with E-state index >= 15 is 0 Å². The number of nitrogens with zero attached hydrogens (tertiary/aromatic N) is 2. The number of esters is 1. The van der Waals surface area contributed by atoms with E-state index in [9.17, 15) is 9.59 Å². The second kappa shape index (κ2) is 8.76. The van der Waals surface area contributed by atoms with Crippen LogP contribution in [0.1, 0.15) is 32.2 Å². The number of ketones is 1. The number of carbonyl (C=O) groups excluding carboxylic acids is 2. The molecule has 0 saturated carbocycles. The highest BCUT2D eigenvalue weighted by Gasteiger charge is 2.23. The van der Waals surface area contributed by atoms with Crippen LogP contribution in [-0.4, -0.2) is 27.9 Å². The van der Waals surface area contributed by atoms with Crippen LogP contribution in [0.2, 0.25) is 20.2 Å². The second-order valence-electron chi connectivity index (χ2n) is 6.15. The third kappa shape index (κ3) is 4.28. The van der Waals surface area contributed by atoms with E-state index in [0.717, 1.165) is 17.1 Å². The molecule has 3 aromatic rings. The summed E-state index contributed by atoms with van der Waals surface area (Å²) in [6, 6.07) is 11.4. The largest absolute Gasteiger partial charge is 0.453 e. The van der Waals surface area contributed by atoms with E-state index in [1.54, 1.807) is 6.07 Å². The zero-order chi connectivity index (χ0) is 21.3. The van der Waals surface area contributed by atoms with Gasteiger partial charge in [-0.1, -0.05) is 64.6 Å². The molecule has 0 atom stereocenters. The van der Waals surface area contributed by atoms with Crippen LogP contribution in [0.4, 0.5) is 0 Å². The minimum atomic E-state index is -0.930. The molecule has 0 aliphatic carbocycles. The third-order valence-electron chi connectivity index (χ3n) is 4.26. The molecule has 0 amide bonds. The molecule has 0 bridgehead atoms. The molecule has 3 rings (SSSR count). The van der Waals surface area contributed by atoms with E-state index in [-0.39, 0.29) is 31.7 Å². The van der Waals surface area contributed by atoms with Gasteiger partial charge in [0.25, 0.3) is 0 Å².